The van der Waals surface area contributed by atoms with Crippen molar-refractivity contribution in [2.24, 2.45) is 5.92 Å². The highest BCUT2D eigenvalue weighted by atomic mass is 32.2. The Balaban J connectivity index is 1.68. The summed E-state index contributed by atoms with van der Waals surface area (Å²) < 4.78 is 33.3. The summed E-state index contributed by atoms with van der Waals surface area (Å²) in [4.78, 5) is 6.88. The number of benzene rings is 1. The van der Waals surface area contributed by atoms with Crippen LogP contribution in [-0.2, 0) is 10.0 Å². The molecule has 1 atom stereocenters. The van der Waals surface area contributed by atoms with Crippen molar-refractivity contribution in [1.82, 2.24) is 4.98 Å². The maximum Gasteiger partial charge on any atom is 0.261 e. The molecule has 0 amide bonds. The zero-order chi connectivity index (χ0) is 19.4. The second-order valence-electron chi connectivity index (χ2n) is 7.34. The molecule has 1 fully saturated rings. The lowest BCUT2D eigenvalue weighted by Crippen LogP contribution is -2.34. The van der Waals surface area contributed by atoms with E-state index in [0.717, 1.165) is 25.3 Å². The number of sulfonamides is 1. The highest BCUT2D eigenvalue weighted by Crippen LogP contribution is 2.24. The molecule has 1 unspecified atom stereocenters. The van der Waals surface area contributed by atoms with Crippen molar-refractivity contribution < 1.29 is 13.2 Å². The van der Waals surface area contributed by atoms with Gasteiger partial charge in [-0.3, -0.25) is 4.72 Å². The Hall–Kier alpha value is -2.28. The predicted octanol–water partition coefficient (Wildman–Crippen LogP) is 3.91. The van der Waals surface area contributed by atoms with Crippen molar-refractivity contribution in [1.29, 1.82) is 0 Å². The maximum atomic E-state index is 12.6. The molecule has 0 aliphatic carbocycles. The summed E-state index contributed by atoms with van der Waals surface area (Å²) in [6, 6.07) is 10.0. The summed E-state index contributed by atoms with van der Waals surface area (Å²) in [6.07, 6.45) is 4.02. The summed E-state index contributed by atoms with van der Waals surface area (Å²) in [6.45, 7) is 8.07. The number of pyridine rings is 1. The summed E-state index contributed by atoms with van der Waals surface area (Å²) in [5.41, 5.74) is 0.450. The van der Waals surface area contributed by atoms with Gasteiger partial charge in [-0.1, -0.05) is 6.92 Å². The molecule has 1 aromatic heterocycles. The van der Waals surface area contributed by atoms with Crippen LogP contribution in [0, 0.1) is 5.92 Å². The highest BCUT2D eigenvalue weighted by Gasteiger charge is 2.18. The van der Waals surface area contributed by atoms with Gasteiger partial charge < -0.3 is 9.64 Å². The minimum absolute atomic E-state index is 0.0399. The lowest BCUT2D eigenvalue weighted by Gasteiger charge is -2.31. The Kier molecular flexibility index (Phi) is 5.89. The monoisotopic (exact) mass is 389 g/mol. The van der Waals surface area contributed by atoms with E-state index in [1.165, 1.54) is 18.6 Å². The van der Waals surface area contributed by atoms with Crippen LogP contribution < -0.4 is 14.4 Å². The van der Waals surface area contributed by atoms with Crippen LogP contribution in [-0.4, -0.2) is 32.6 Å². The van der Waals surface area contributed by atoms with Crippen molar-refractivity contribution in [2.75, 3.05) is 22.7 Å². The van der Waals surface area contributed by atoms with Gasteiger partial charge in [-0.15, -0.1) is 0 Å². The minimum Gasteiger partial charge on any atom is -0.491 e. The third-order valence-corrected chi connectivity index (χ3v) is 5.88. The summed E-state index contributed by atoms with van der Waals surface area (Å²) >= 11 is 0. The first-order chi connectivity index (χ1) is 12.8. The third-order valence-electron chi connectivity index (χ3n) is 4.49. The molecule has 1 N–H and O–H groups in total. The van der Waals surface area contributed by atoms with E-state index in [9.17, 15) is 8.42 Å². The smallest absolute Gasteiger partial charge is 0.261 e. The molecule has 1 aromatic carbocycles. The molecular weight excluding hydrogens is 362 g/mol. The van der Waals surface area contributed by atoms with Crippen LogP contribution in [0.4, 0.5) is 11.5 Å². The first-order valence-electron chi connectivity index (χ1n) is 9.34. The molecule has 146 valence electrons. The summed E-state index contributed by atoms with van der Waals surface area (Å²) in [5.74, 6) is 2.19. The number of piperidine rings is 1. The van der Waals surface area contributed by atoms with E-state index in [-0.39, 0.29) is 11.0 Å². The Morgan fingerprint density at radius 1 is 1.19 bits per heavy atom. The number of hydrogen-bond acceptors (Lipinski definition) is 5. The number of nitrogens with zero attached hydrogens (tertiary/aromatic N) is 2. The van der Waals surface area contributed by atoms with Crippen molar-refractivity contribution in [3.05, 3.63) is 42.6 Å². The highest BCUT2D eigenvalue weighted by molar-refractivity contribution is 7.92. The molecule has 0 radical (unpaired) electrons. The van der Waals surface area contributed by atoms with Crippen LogP contribution in [0.2, 0.25) is 0 Å². The predicted molar refractivity (Wildman–Crippen MR) is 108 cm³/mol. The number of ether oxygens (including phenoxy) is 1. The third kappa shape index (κ3) is 5.13. The quantitative estimate of drug-likeness (QED) is 0.811. The number of nitrogens with one attached hydrogen (secondary N) is 1. The zero-order valence-corrected chi connectivity index (χ0v) is 16.9. The lowest BCUT2D eigenvalue weighted by molar-refractivity contribution is 0.242. The van der Waals surface area contributed by atoms with Gasteiger partial charge in [-0.2, -0.15) is 0 Å². The molecule has 1 aliphatic heterocycles. The fourth-order valence-electron chi connectivity index (χ4n) is 3.21. The van der Waals surface area contributed by atoms with Crippen LogP contribution in [0.3, 0.4) is 0 Å². The maximum absolute atomic E-state index is 12.6. The van der Waals surface area contributed by atoms with Crippen molar-refractivity contribution >= 4 is 21.5 Å². The largest absolute Gasteiger partial charge is 0.491 e. The summed E-state index contributed by atoms with van der Waals surface area (Å²) in [5, 5.41) is 0. The van der Waals surface area contributed by atoms with Gasteiger partial charge in [-0.25, -0.2) is 13.4 Å². The normalized spacial score (nSPS) is 17.8. The van der Waals surface area contributed by atoms with E-state index in [2.05, 4.69) is 21.5 Å². The van der Waals surface area contributed by atoms with Gasteiger partial charge in [-0.05, 0) is 69.0 Å². The number of aromatic nitrogens is 1. The number of hydrogen-bond donors (Lipinski definition) is 1. The Labute approximate surface area is 161 Å². The van der Waals surface area contributed by atoms with E-state index in [4.69, 9.17) is 4.74 Å². The molecule has 6 nitrogen and oxygen atoms in total. The topological polar surface area (TPSA) is 71.5 Å². The SMILES string of the molecule is CC1CCCN(c2ccc(NS(=O)(=O)c3ccc(OC(C)C)cc3)cn2)C1. The van der Waals surface area contributed by atoms with E-state index < -0.39 is 10.0 Å². The average Bonchev–Trinajstić information content (AvgIpc) is 2.62. The fourth-order valence-corrected chi connectivity index (χ4v) is 4.26. The van der Waals surface area contributed by atoms with Crippen molar-refractivity contribution in [3.8, 4) is 5.75 Å². The molecule has 7 heteroatoms. The molecule has 0 spiro atoms. The van der Waals surface area contributed by atoms with Gasteiger partial charge in [0, 0.05) is 13.1 Å². The minimum atomic E-state index is -3.66. The summed E-state index contributed by atoms with van der Waals surface area (Å²) in [7, 11) is -3.66. The molecule has 2 aromatic rings. The van der Waals surface area contributed by atoms with Crippen LogP contribution in [0.15, 0.2) is 47.5 Å². The van der Waals surface area contributed by atoms with Crippen LogP contribution in [0.1, 0.15) is 33.6 Å². The lowest BCUT2D eigenvalue weighted by atomic mass is 10.0. The Morgan fingerprint density at radius 3 is 2.52 bits per heavy atom. The molecule has 1 aliphatic rings. The van der Waals surface area contributed by atoms with Crippen molar-refractivity contribution in [2.45, 2.75) is 44.6 Å². The molecular formula is C20H27N3O3S. The first kappa shape index (κ1) is 19.5. The number of anilines is 2. The fraction of sp³-hybridized carbons (Fsp3) is 0.450. The average molecular weight is 390 g/mol. The van der Waals surface area contributed by atoms with Crippen molar-refractivity contribution in [3.63, 3.8) is 0 Å². The van der Waals surface area contributed by atoms with Gasteiger partial charge in [0.15, 0.2) is 0 Å². The molecule has 0 bridgehead atoms. The first-order valence-corrected chi connectivity index (χ1v) is 10.8. The second-order valence-corrected chi connectivity index (χ2v) is 9.02. The molecule has 0 saturated carbocycles. The van der Waals surface area contributed by atoms with Gasteiger partial charge in [0.1, 0.15) is 11.6 Å². The zero-order valence-electron chi connectivity index (χ0n) is 16.1. The van der Waals surface area contributed by atoms with E-state index in [0.29, 0.717) is 17.4 Å². The number of rotatable bonds is 6. The molecule has 2 heterocycles. The van der Waals surface area contributed by atoms with Gasteiger partial charge in [0.2, 0.25) is 0 Å². The van der Waals surface area contributed by atoms with E-state index in [1.54, 1.807) is 24.4 Å². The molecule has 3 rings (SSSR count). The Bertz CT molecular complexity index is 849. The van der Waals surface area contributed by atoms with Gasteiger partial charge in [0.25, 0.3) is 10.0 Å². The Morgan fingerprint density at radius 2 is 1.93 bits per heavy atom. The molecule has 1 saturated heterocycles. The van der Waals surface area contributed by atoms with Crippen LogP contribution in [0.5, 0.6) is 5.75 Å². The standard InChI is InChI=1S/C20H27N3O3S/c1-15(2)26-18-7-9-19(10-8-18)27(24,25)22-17-6-11-20(21-13-17)23-12-4-5-16(3)14-23/h6-11,13,15-16,22H,4-5,12,14H2,1-3H3. The molecule has 27 heavy (non-hydrogen) atoms. The second kappa shape index (κ2) is 8.17. The van der Waals surface area contributed by atoms with Gasteiger partial charge in [0.05, 0.1) is 22.9 Å². The van der Waals surface area contributed by atoms with E-state index >= 15 is 0 Å². The van der Waals surface area contributed by atoms with Gasteiger partial charge >= 0.3 is 0 Å². The van der Waals surface area contributed by atoms with E-state index in [1.807, 2.05) is 19.9 Å². The van der Waals surface area contributed by atoms with Crippen LogP contribution in [0.25, 0.3) is 0 Å². The van der Waals surface area contributed by atoms with Crippen LogP contribution >= 0.6 is 0 Å².